The second kappa shape index (κ2) is 6.43. The van der Waals surface area contributed by atoms with E-state index in [2.05, 4.69) is 34.0 Å². The summed E-state index contributed by atoms with van der Waals surface area (Å²) >= 11 is 1.51. The maximum Gasteiger partial charge on any atom is 0.191 e. The van der Waals surface area contributed by atoms with E-state index in [1.165, 1.54) is 31.3 Å². The number of anilines is 2. The van der Waals surface area contributed by atoms with Crippen LogP contribution in [0, 0.1) is 5.92 Å². The average molecular weight is 281 g/mol. The van der Waals surface area contributed by atoms with Gasteiger partial charge < -0.3 is 16.0 Å². The molecule has 0 amide bonds. The summed E-state index contributed by atoms with van der Waals surface area (Å²) in [6.07, 6.45) is 3.21. The van der Waals surface area contributed by atoms with Gasteiger partial charge in [0.2, 0.25) is 0 Å². The summed E-state index contributed by atoms with van der Waals surface area (Å²) in [7, 11) is 0. The summed E-state index contributed by atoms with van der Waals surface area (Å²) in [6.45, 7) is 7.83. The Morgan fingerprint density at radius 2 is 2.32 bits per heavy atom. The van der Waals surface area contributed by atoms with Gasteiger partial charge in [-0.05, 0) is 39.0 Å². The lowest BCUT2D eigenvalue weighted by molar-refractivity contribution is 0.266. The molecule has 1 unspecified atom stereocenters. The molecular formula is C13H23N5S. The zero-order valence-corrected chi connectivity index (χ0v) is 12.7. The van der Waals surface area contributed by atoms with Crippen molar-refractivity contribution in [2.75, 3.05) is 36.9 Å². The van der Waals surface area contributed by atoms with Crippen LogP contribution < -0.4 is 11.1 Å². The fraction of sp³-hybridized carbons (Fsp3) is 0.692. The first-order valence-corrected chi connectivity index (χ1v) is 7.97. The van der Waals surface area contributed by atoms with Crippen molar-refractivity contribution in [3.8, 4) is 0 Å². The van der Waals surface area contributed by atoms with Crippen molar-refractivity contribution in [3.63, 3.8) is 0 Å². The van der Waals surface area contributed by atoms with E-state index in [0.717, 1.165) is 17.5 Å². The summed E-state index contributed by atoms with van der Waals surface area (Å²) in [6, 6.07) is 2.44. The van der Waals surface area contributed by atoms with Gasteiger partial charge in [0.25, 0.3) is 0 Å². The lowest BCUT2D eigenvalue weighted by atomic mass is 10.1. The Kier molecular flexibility index (Phi) is 4.87. The Morgan fingerprint density at radius 1 is 1.53 bits per heavy atom. The van der Waals surface area contributed by atoms with E-state index in [1.54, 1.807) is 6.07 Å². The smallest absolute Gasteiger partial charge is 0.191 e. The molecule has 3 N–H and O–H groups in total. The van der Waals surface area contributed by atoms with Crippen LogP contribution in [0.2, 0.25) is 0 Å². The second-order valence-corrected chi connectivity index (χ2v) is 6.06. The minimum Gasteiger partial charge on any atom is -0.383 e. The van der Waals surface area contributed by atoms with Crippen LogP contribution in [0.15, 0.2) is 11.2 Å². The van der Waals surface area contributed by atoms with Gasteiger partial charge in [0.1, 0.15) is 11.6 Å². The van der Waals surface area contributed by atoms with E-state index >= 15 is 0 Å². The topological polar surface area (TPSA) is 67.1 Å². The first kappa shape index (κ1) is 14.4. The number of nitrogens with one attached hydrogen (secondary N) is 1. The Morgan fingerprint density at radius 3 is 2.95 bits per heavy atom. The Balaban J connectivity index is 1.87. The molecule has 1 aliphatic rings. The quantitative estimate of drug-likeness (QED) is 0.635. The van der Waals surface area contributed by atoms with Crippen molar-refractivity contribution in [3.05, 3.63) is 6.07 Å². The van der Waals surface area contributed by atoms with Gasteiger partial charge in [0.15, 0.2) is 5.16 Å². The van der Waals surface area contributed by atoms with E-state index in [0.29, 0.717) is 17.8 Å². The molecule has 0 radical (unpaired) electrons. The van der Waals surface area contributed by atoms with E-state index in [4.69, 9.17) is 5.73 Å². The molecule has 1 aromatic heterocycles. The van der Waals surface area contributed by atoms with E-state index in [9.17, 15) is 0 Å². The Bertz CT molecular complexity index is 423. The third kappa shape index (κ3) is 3.98. The highest BCUT2D eigenvalue weighted by molar-refractivity contribution is 7.98. The van der Waals surface area contributed by atoms with Gasteiger partial charge in [-0.15, -0.1) is 0 Å². The molecular weight excluding hydrogens is 258 g/mol. The van der Waals surface area contributed by atoms with E-state index in [-0.39, 0.29) is 0 Å². The van der Waals surface area contributed by atoms with Crippen LogP contribution >= 0.6 is 11.8 Å². The minimum absolute atomic E-state index is 0.525. The standard InChI is InChI=1S/C13H23N5S/c1-9(2)18-5-4-10(8-18)7-15-12-6-11(14)16-13(17-12)19-3/h6,9-10H,4-5,7-8H2,1-3H3,(H3,14,15,16,17). The van der Waals surface area contributed by atoms with Gasteiger partial charge >= 0.3 is 0 Å². The van der Waals surface area contributed by atoms with Crippen LogP contribution in [0.5, 0.6) is 0 Å². The maximum atomic E-state index is 5.77. The number of nitrogens with zero attached hydrogens (tertiary/aromatic N) is 3. The maximum absolute atomic E-state index is 5.77. The third-order valence-corrected chi connectivity index (χ3v) is 4.08. The normalized spacial score (nSPS) is 20.1. The number of thioether (sulfide) groups is 1. The van der Waals surface area contributed by atoms with Crippen molar-refractivity contribution in [1.29, 1.82) is 0 Å². The monoisotopic (exact) mass is 281 g/mol. The molecule has 19 heavy (non-hydrogen) atoms. The Hall–Kier alpha value is -1.01. The summed E-state index contributed by atoms with van der Waals surface area (Å²) in [4.78, 5) is 11.1. The number of rotatable bonds is 5. The van der Waals surface area contributed by atoms with Crippen LogP contribution in [0.25, 0.3) is 0 Å². The number of hydrogen-bond donors (Lipinski definition) is 2. The molecule has 5 nitrogen and oxygen atoms in total. The Labute approximate surface area is 119 Å². The van der Waals surface area contributed by atoms with Gasteiger partial charge in [-0.2, -0.15) is 0 Å². The number of hydrogen-bond acceptors (Lipinski definition) is 6. The van der Waals surface area contributed by atoms with Crippen LogP contribution in [0.4, 0.5) is 11.6 Å². The molecule has 2 rings (SSSR count). The molecule has 1 aromatic rings. The van der Waals surface area contributed by atoms with Crippen molar-refractivity contribution in [2.24, 2.45) is 5.92 Å². The third-order valence-electron chi connectivity index (χ3n) is 3.53. The summed E-state index contributed by atoms with van der Waals surface area (Å²) in [5.74, 6) is 2.05. The largest absolute Gasteiger partial charge is 0.383 e. The van der Waals surface area contributed by atoms with Crippen LogP contribution in [0.3, 0.4) is 0 Å². The molecule has 1 saturated heterocycles. The predicted molar refractivity (Wildman–Crippen MR) is 81.5 cm³/mol. The fourth-order valence-corrected chi connectivity index (χ4v) is 2.76. The van der Waals surface area contributed by atoms with E-state index < -0.39 is 0 Å². The van der Waals surface area contributed by atoms with Crippen LogP contribution in [-0.4, -0.2) is 46.8 Å². The summed E-state index contributed by atoms with van der Waals surface area (Å²) < 4.78 is 0. The van der Waals surface area contributed by atoms with Crippen molar-refractivity contribution in [1.82, 2.24) is 14.9 Å². The average Bonchev–Trinajstić information content (AvgIpc) is 2.84. The van der Waals surface area contributed by atoms with Crippen molar-refractivity contribution >= 4 is 23.4 Å². The lowest BCUT2D eigenvalue weighted by Crippen LogP contribution is -2.29. The van der Waals surface area contributed by atoms with Crippen molar-refractivity contribution in [2.45, 2.75) is 31.5 Å². The number of aromatic nitrogens is 2. The highest BCUT2D eigenvalue weighted by Gasteiger charge is 2.23. The zero-order valence-electron chi connectivity index (χ0n) is 11.9. The van der Waals surface area contributed by atoms with Crippen LogP contribution in [0.1, 0.15) is 20.3 Å². The predicted octanol–water partition coefficient (Wildman–Crippen LogP) is 1.92. The van der Waals surface area contributed by atoms with Gasteiger partial charge in [-0.25, -0.2) is 9.97 Å². The molecule has 0 saturated carbocycles. The SMILES string of the molecule is CSc1nc(N)cc(NCC2CCN(C(C)C)C2)n1. The highest BCUT2D eigenvalue weighted by Crippen LogP contribution is 2.20. The zero-order chi connectivity index (χ0) is 13.8. The van der Waals surface area contributed by atoms with Gasteiger partial charge in [0, 0.05) is 25.2 Å². The second-order valence-electron chi connectivity index (χ2n) is 5.29. The minimum atomic E-state index is 0.525. The van der Waals surface area contributed by atoms with Crippen molar-refractivity contribution < 1.29 is 0 Å². The molecule has 6 heteroatoms. The lowest BCUT2D eigenvalue weighted by Gasteiger charge is -2.20. The van der Waals surface area contributed by atoms with Gasteiger partial charge in [-0.1, -0.05) is 11.8 Å². The van der Waals surface area contributed by atoms with Crippen LogP contribution in [-0.2, 0) is 0 Å². The summed E-state index contributed by atoms with van der Waals surface area (Å²) in [5, 5.41) is 4.11. The fourth-order valence-electron chi connectivity index (χ4n) is 2.37. The number of likely N-dealkylation sites (tertiary alicyclic amines) is 1. The first-order chi connectivity index (χ1) is 9.08. The number of nitrogens with two attached hydrogens (primary N) is 1. The molecule has 0 aromatic carbocycles. The molecule has 0 spiro atoms. The molecule has 1 fully saturated rings. The molecule has 2 heterocycles. The van der Waals surface area contributed by atoms with E-state index in [1.807, 2.05) is 6.26 Å². The highest BCUT2D eigenvalue weighted by atomic mass is 32.2. The molecule has 0 bridgehead atoms. The number of nitrogen functional groups attached to an aromatic ring is 1. The molecule has 0 aliphatic carbocycles. The molecule has 106 valence electrons. The van der Waals surface area contributed by atoms with Gasteiger partial charge in [0.05, 0.1) is 0 Å². The van der Waals surface area contributed by atoms with Gasteiger partial charge in [-0.3, -0.25) is 0 Å². The summed E-state index contributed by atoms with van der Waals surface area (Å²) in [5.41, 5.74) is 5.77. The molecule has 1 atom stereocenters. The molecule has 1 aliphatic heterocycles. The first-order valence-electron chi connectivity index (χ1n) is 6.75.